The Kier molecular flexibility index (Phi) is 7.49. The van der Waals surface area contributed by atoms with Crippen molar-refractivity contribution in [3.63, 3.8) is 0 Å². The molecule has 0 radical (unpaired) electrons. The molecule has 0 aromatic heterocycles. The molecule has 0 spiro atoms. The van der Waals surface area contributed by atoms with Crippen LogP contribution in [0.2, 0.25) is 0 Å². The summed E-state index contributed by atoms with van der Waals surface area (Å²) in [6, 6.07) is 18.4. The summed E-state index contributed by atoms with van der Waals surface area (Å²) in [6.45, 7) is 7.28. The van der Waals surface area contributed by atoms with Crippen molar-refractivity contribution in [2.24, 2.45) is 5.92 Å². The number of nitrogens with zero attached hydrogens (tertiary/aromatic N) is 2. The Balaban J connectivity index is 1.39. The first-order chi connectivity index (χ1) is 13.6. The molecule has 1 fully saturated rings. The average molecular weight is 380 g/mol. The van der Waals surface area contributed by atoms with E-state index < -0.39 is 0 Å². The molecule has 150 valence electrons. The summed E-state index contributed by atoms with van der Waals surface area (Å²) in [5, 5.41) is 3.04. The van der Waals surface area contributed by atoms with Crippen LogP contribution in [0.4, 0.5) is 5.69 Å². The quantitative estimate of drug-likeness (QED) is 0.699. The Morgan fingerprint density at radius 3 is 2.61 bits per heavy atom. The van der Waals surface area contributed by atoms with Crippen LogP contribution in [-0.4, -0.2) is 44.0 Å². The van der Waals surface area contributed by atoms with Crippen molar-refractivity contribution < 1.29 is 4.79 Å². The van der Waals surface area contributed by atoms with Gasteiger partial charge in [0, 0.05) is 44.5 Å². The lowest BCUT2D eigenvalue weighted by atomic mass is 9.99. The van der Waals surface area contributed by atoms with Gasteiger partial charge in [-0.05, 0) is 61.6 Å². The second kappa shape index (κ2) is 10.3. The number of para-hydroxylation sites is 1. The number of hydrogen-bond donors (Lipinski definition) is 1. The molecule has 1 atom stereocenters. The number of likely N-dealkylation sites (tertiary alicyclic amines) is 1. The number of hydrogen-bond acceptors (Lipinski definition) is 3. The van der Waals surface area contributed by atoms with Crippen molar-refractivity contribution in [1.82, 2.24) is 10.2 Å². The van der Waals surface area contributed by atoms with Crippen LogP contribution in [0.3, 0.4) is 0 Å². The van der Waals surface area contributed by atoms with Crippen LogP contribution in [0.5, 0.6) is 0 Å². The van der Waals surface area contributed by atoms with Crippen molar-refractivity contribution in [2.75, 3.05) is 38.1 Å². The number of nitrogens with one attached hydrogen (secondary N) is 1. The summed E-state index contributed by atoms with van der Waals surface area (Å²) in [4.78, 5) is 17.1. The zero-order valence-corrected chi connectivity index (χ0v) is 17.2. The second-order valence-electron chi connectivity index (χ2n) is 8.05. The van der Waals surface area contributed by atoms with E-state index in [2.05, 4.69) is 53.4 Å². The second-order valence-corrected chi connectivity index (χ2v) is 8.05. The third kappa shape index (κ3) is 6.10. The van der Waals surface area contributed by atoms with Gasteiger partial charge in [-0.15, -0.1) is 0 Å². The number of amides is 1. The molecule has 1 heterocycles. The molecule has 0 saturated carbocycles. The SMILES string of the molecule is CC1CCCN(Cc2ccc(C(=O)NCCCN(C)c3ccccc3)cc2)C1. The molecule has 0 bridgehead atoms. The van der Waals surface area contributed by atoms with Crippen molar-refractivity contribution >= 4 is 11.6 Å². The average Bonchev–Trinajstić information content (AvgIpc) is 2.72. The van der Waals surface area contributed by atoms with Gasteiger partial charge in [0.05, 0.1) is 0 Å². The van der Waals surface area contributed by atoms with E-state index in [0.717, 1.165) is 31.0 Å². The third-order valence-electron chi connectivity index (χ3n) is 5.52. The molecule has 3 rings (SSSR count). The van der Waals surface area contributed by atoms with Gasteiger partial charge in [0.2, 0.25) is 0 Å². The van der Waals surface area contributed by atoms with Crippen molar-refractivity contribution in [3.8, 4) is 0 Å². The van der Waals surface area contributed by atoms with Crippen molar-refractivity contribution in [2.45, 2.75) is 32.7 Å². The molecule has 2 aromatic carbocycles. The standard InChI is InChI=1S/C24H33N3O/c1-20-8-6-17-27(18-20)19-21-11-13-22(14-12-21)24(28)25-15-7-16-26(2)23-9-4-3-5-10-23/h3-5,9-14,20H,6-8,15-19H2,1-2H3,(H,25,28). The molecular formula is C24H33N3O. The lowest BCUT2D eigenvalue weighted by Gasteiger charge is -2.30. The molecular weight excluding hydrogens is 346 g/mol. The summed E-state index contributed by atoms with van der Waals surface area (Å²) in [6.07, 6.45) is 3.56. The van der Waals surface area contributed by atoms with E-state index >= 15 is 0 Å². The molecule has 1 amide bonds. The van der Waals surface area contributed by atoms with E-state index in [4.69, 9.17) is 0 Å². The Morgan fingerprint density at radius 2 is 1.89 bits per heavy atom. The highest BCUT2D eigenvalue weighted by Gasteiger charge is 2.16. The first-order valence-electron chi connectivity index (χ1n) is 10.5. The van der Waals surface area contributed by atoms with Crippen LogP contribution in [0, 0.1) is 5.92 Å². The normalized spacial score (nSPS) is 17.3. The minimum absolute atomic E-state index is 0.0144. The highest BCUT2D eigenvalue weighted by atomic mass is 16.1. The predicted octanol–water partition coefficient (Wildman–Crippen LogP) is 4.17. The van der Waals surface area contributed by atoms with E-state index in [1.807, 2.05) is 30.3 Å². The van der Waals surface area contributed by atoms with Crippen LogP contribution >= 0.6 is 0 Å². The zero-order chi connectivity index (χ0) is 19.8. The maximum atomic E-state index is 12.4. The number of anilines is 1. The molecule has 2 aromatic rings. The predicted molar refractivity (Wildman–Crippen MR) is 117 cm³/mol. The molecule has 1 aliphatic rings. The fourth-order valence-electron chi connectivity index (χ4n) is 3.88. The number of benzene rings is 2. The van der Waals surface area contributed by atoms with Gasteiger partial charge >= 0.3 is 0 Å². The maximum Gasteiger partial charge on any atom is 0.251 e. The van der Waals surface area contributed by atoms with Gasteiger partial charge in [-0.1, -0.05) is 37.3 Å². The summed E-state index contributed by atoms with van der Waals surface area (Å²) in [5.74, 6) is 0.806. The third-order valence-corrected chi connectivity index (χ3v) is 5.52. The van der Waals surface area contributed by atoms with E-state index in [9.17, 15) is 4.79 Å². The molecule has 1 N–H and O–H groups in total. The minimum Gasteiger partial charge on any atom is -0.375 e. The molecule has 4 nitrogen and oxygen atoms in total. The van der Waals surface area contributed by atoms with Gasteiger partial charge in [-0.25, -0.2) is 0 Å². The number of rotatable bonds is 8. The summed E-state index contributed by atoms with van der Waals surface area (Å²) >= 11 is 0. The highest BCUT2D eigenvalue weighted by Crippen LogP contribution is 2.18. The molecule has 0 aliphatic carbocycles. The van der Waals surface area contributed by atoms with Crippen LogP contribution in [0.15, 0.2) is 54.6 Å². The van der Waals surface area contributed by atoms with Gasteiger partial charge < -0.3 is 10.2 Å². The summed E-state index contributed by atoms with van der Waals surface area (Å²) in [7, 11) is 2.08. The van der Waals surface area contributed by atoms with Gasteiger partial charge in [0.25, 0.3) is 5.91 Å². The lowest BCUT2D eigenvalue weighted by Crippen LogP contribution is -2.33. The van der Waals surface area contributed by atoms with E-state index in [1.165, 1.54) is 37.2 Å². The number of piperidine rings is 1. The van der Waals surface area contributed by atoms with E-state index in [0.29, 0.717) is 6.54 Å². The molecule has 1 saturated heterocycles. The number of carbonyl (C=O) groups excluding carboxylic acids is 1. The smallest absolute Gasteiger partial charge is 0.251 e. The van der Waals surface area contributed by atoms with E-state index in [-0.39, 0.29) is 5.91 Å². The van der Waals surface area contributed by atoms with E-state index in [1.54, 1.807) is 0 Å². The molecule has 1 unspecified atom stereocenters. The Morgan fingerprint density at radius 1 is 1.14 bits per heavy atom. The van der Waals surface area contributed by atoms with Crippen molar-refractivity contribution in [1.29, 1.82) is 0 Å². The topological polar surface area (TPSA) is 35.6 Å². The minimum atomic E-state index is 0.0144. The van der Waals surface area contributed by atoms with Gasteiger partial charge in [0.1, 0.15) is 0 Å². The van der Waals surface area contributed by atoms with Gasteiger partial charge in [-0.2, -0.15) is 0 Å². The Bertz CT molecular complexity index is 729. The van der Waals surface area contributed by atoms with Gasteiger partial charge in [-0.3, -0.25) is 9.69 Å². The first-order valence-corrected chi connectivity index (χ1v) is 10.5. The lowest BCUT2D eigenvalue weighted by molar-refractivity contribution is 0.0953. The summed E-state index contributed by atoms with van der Waals surface area (Å²) < 4.78 is 0. The number of carbonyl (C=O) groups is 1. The van der Waals surface area contributed by atoms with Crippen molar-refractivity contribution in [3.05, 3.63) is 65.7 Å². The first kappa shape index (κ1) is 20.4. The maximum absolute atomic E-state index is 12.4. The van der Waals surface area contributed by atoms with Crippen LogP contribution in [-0.2, 0) is 6.54 Å². The molecule has 1 aliphatic heterocycles. The fourth-order valence-corrected chi connectivity index (χ4v) is 3.88. The highest BCUT2D eigenvalue weighted by molar-refractivity contribution is 5.94. The Hall–Kier alpha value is -2.33. The Labute approximate surface area is 169 Å². The monoisotopic (exact) mass is 379 g/mol. The van der Waals surface area contributed by atoms with Crippen LogP contribution in [0.25, 0.3) is 0 Å². The van der Waals surface area contributed by atoms with Crippen LogP contribution in [0.1, 0.15) is 42.1 Å². The summed E-state index contributed by atoms with van der Waals surface area (Å²) in [5.41, 5.74) is 3.23. The molecule has 4 heteroatoms. The fraction of sp³-hybridized carbons (Fsp3) is 0.458. The largest absolute Gasteiger partial charge is 0.375 e. The molecule has 28 heavy (non-hydrogen) atoms. The van der Waals surface area contributed by atoms with Gasteiger partial charge in [0.15, 0.2) is 0 Å². The zero-order valence-electron chi connectivity index (χ0n) is 17.2. The van der Waals surface area contributed by atoms with Crippen LogP contribution < -0.4 is 10.2 Å².